The first-order valence-electron chi connectivity index (χ1n) is 40.5. The van der Waals surface area contributed by atoms with Crippen molar-refractivity contribution in [1.29, 1.82) is 0 Å². The molecule has 39 heteroatoms. The van der Waals surface area contributed by atoms with Crippen molar-refractivity contribution >= 4 is 196 Å². The number of aromatic nitrogens is 1. The van der Waals surface area contributed by atoms with E-state index in [-0.39, 0.29) is 82.2 Å². The summed E-state index contributed by atoms with van der Waals surface area (Å²) in [6.07, 6.45) is 1.92. The molecule has 1 aromatic heterocycles. The fourth-order valence-corrected chi connectivity index (χ4v) is 15.9. The maximum atomic E-state index is 12.4. The number of nitro groups is 2. The first-order chi connectivity index (χ1) is 61.9. The lowest BCUT2D eigenvalue weighted by molar-refractivity contribution is -0.385. The highest BCUT2D eigenvalue weighted by atomic mass is 79.9. The van der Waals surface area contributed by atoms with Crippen molar-refractivity contribution in [3.05, 3.63) is 297 Å². The molecule has 0 spiro atoms. The monoisotopic (exact) mass is 2090 g/mol. The molecule has 1 saturated heterocycles. The number of methoxy groups -OCH3 is 2. The van der Waals surface area contributed by atoms with Crippen LogP contribution in [0.3, 0.4) is 0 Å². The van der Waals surface area contributed by atoms with Crippen LogP contribution in [0.1, 0.15) is 226 Å². The number of rotatable bonds is 8. The van der Waals surface area contributed by atoms with E-state index in [1.807, 2.05) is 78.1 Å². The quantitative estimate of drug-likeness (QED) is 0.0156. The minimum absolute atomic E-state index is 0.0214. The molecule has 0 radical (unpaired) electrons. The second kappa shape index (κ2) is 48.2. The maximum Gasteiger partial charge on any atom is 0.417 e. The van der Waals surface area contributed by atoms with E-state index in [1.165, 1.54) is 26.4 Å². The van der Waals surface area contributed by atoms with Crippen molar-refractivity contribution in [2.24, 2.45) is 0 Å². The van der Waals surface area contributed by atoms with Crippen LogP contribution in [-0.2, 0) is 50.5 Å². The molecule has 0 saturated carbocycles. The number of nitrogens with one attached hydrogen (secondary N) is 2. The number of carboxylic acid groups (broad SMARTS) is 2. The van der Waals surface area contributed by atoms with Crippen molar-refractivity contribution in [2.45, 2.75) is 179 Å². The molecular weight excluding hydrogens is 2000 g/mol. The molecular formula is C94H100Br2Cl7N9O21. The van der Waals surface area contributed by atoms with Gasteiger partial charge in [-0.15, -0.1) is 0 Å². The predicted octanol–water partition coefficient (Wildman–Crippen LogP) is 22.8. The van der Waals surface area contributed by atoms with Gasteiger partial charge in [-0.2, -0.15) is 0 Å². The van der Waals surface area contributed by atoms with Crippen LogP contribution < -0.4 is 21.3 Å². The number of amides is 6. The molecule has 8 aromatic carbocycles. The van der Waals surface area contributed by atoms with Crippen LogP contribution in [-0.4, -0.2) is 144 Å². The third kappa shape index (κ3) is 28.8. The number of benzene rings is 8. The molecule has 0 aliphatic carbocycles. The van der Waals surface area contributed by atoms with E-state index < -0.39 is 62.9 Å². The molecule has 0 atom stereocenters. The number of carbonyl (C=O) groups is 10. The number of aromatic carboxylic acids is 2. The number of pyridine rings is 1. The summed E-state index contributed by atoms with van der Waals surface area (Å²) in [5, 5.41) is 58.1. The summed E-state index contributed by atoms with van der Waals surface area (Å²) < 4.78 is 20.5. The molecule has 6 amide bonds. The molecule has 30 nitrogen and oxygen atoms in total. The summed E-state index contributed by atoms with van der Waals surface area (Å²) >= 11 is 48.8. The number of fused-ring (bicyclic) bond motifs is 4. The van der Waals surface area contributed by atoms with Gasteiger partial charge in [0, 0.05) is 112 Å². The number of anilines is 2. The first-order valence-corrected chi connectivity index (χ1v) is 45.1. The largest absolute Gasteiger partial charge is 0.478 e. The number of imide groups is 2. The Hall–Kier alpha value is -11.0. The van der Waals surface area contributed by atoms with Crippen LogP contribution in [0.2, 0.25) is 35.2 Å². The minimum Gasteiger partial charge on any atom is -0.478 e. The molecule has 14 rings (SSSR count). The fraction of sp³-hybridized carbons (Fsp3) is 0.330. The number of alkyl halides is 1. The summed E-state index contributed by atoms with van der Waals surface area (Å²) in [4.78, 5) is 144. The number of nitrogens with two attached hydrogens (primary N) is 1. The number of aryl methyl sites for hydroxylation is 9. The van der Waals surface area contributed by atoms with E-state index >= 15 is 0 Å². The Balaban J connectivity index is 0.000000232. The lowest BCUT2D eigenvalue weighted by Crippen LogP contribution is -2.37. The zero-order valence-electron chi connectivity index (χ0n) is 76.1. The number of carbonyl (C=O) groups excluding carboxylic acids is 8. The molecule has 6 heterocycles. The average molecular weight is 2100 g/mol. The Bertz CT molecular complexity index is 6030. The highest BCUT2D eigenvalue weighted by molar-refractivity contribution is 9.10. The number of halogens is 9. The highest BCUT2D eigenvalue weighted by Crippen LogP contribution is 2.41. The van der Waals surface area contributed by atoms with Crippen LogP contribution in [0.15, 0.2) is 108 Å². The fourth-order valence-electron chi connectivity index (χ4n) is 13.5. The zero-order chi connectivity index (χ0) is 100. The lowest BCUT2D eigenvalue weighted by Gasteiger charge is -2.31. The number of aliphatic hydroxyl groups is 1. The number of carboxylic acids is 2. The van der Waals surface area contributed by atoms with Crippen molar-refractivity contribution in [2.75, 3.05) is 37.9 Å². The topological polar surface area (TPSA) is 427 Å². The van der Waals surface area contributed by atoms with Crippen molar-refractivity contribution < 1.29 is 92.1 Å². The first kappa shape index (κ1) is 111. The number of nitro benzene ring substituents is 2. The van der Waals surface area contributed by atoms with Crippen molar-refractivity contribution in [3.63, 3.8) is 0 Å². The normalized spacial score (nSPS) is 13.0. The van der Waals surface area contributed by atoms with Crippen molar-refractivity contribution in [1.82, 2.24) is 25.4 Å². The molecule has 7 N–H and O–H groups in total. The number of piperidine rings is 1. The number of hydrogen-bond donors (Lipinski definition) is 6. The van der Waals surface area contributed by atoms with Gasteiger partial charge in [0.2, 0.25) is 0 Å². The Morgan fingerprint density at radius 3 is 1.38 bits per heavy atom. The third-order valence-electron chi connectivity index (χ3n) is 20.5. The van der Waals surface area contributed by atoms with Gasteiger partial charge in [-0.05, 0) is 256 Å². The highest BCUT2D eigenvalue weighted by Gasteiger charge is 2.43. The van der Waals surface area contributed by atoms with E-state index in [2.05, 4.69) is 67.9 Å². The van der Waals surface area contributed by atoms with Crippen LogP contribution >= 0.6 is 113 Å². The van der Waals surface area contributed by atoms with E-state index in [0.717, 1.165) is 102 Å². The second-order valence-electron chi connectivity index (χ2n) is 32.6. The SMILES string of the molecule is COC(=O)c1ccc(C)c(Cl)c1C.COC(=O)c1ccc(C)c(Cl)c1CBr.Cc1cc(N)c2c(c1Cl)CN(C(=O)OC(C)(C)C)C2=O.Cc1cc([N+](=O)[O-])c2c(c1Cl)CN(C(=O)OC(C)(C)C)C2=O.Cc1cc([N+](=O)[O-])c2c(c1Cl)CNC2=O.Cc1ccc(C(=O)O)c(C)c1.Cc1ccc(C(=O)O)c(C)c1Cl.Cc1ccc2c(c1Cl)CNC2=O.OC1CCN(c2ccc(Br)nc2)CC1. The number of nitrogen functional groups attached to an aromatic ring is 1. The van der Waals surface area contributed by atoms with Gasteiger partial charge in [0.1, 0.15) is 26.9 Å². The lowest BCUT2D eigenvalue weighted by atomic mass is 10.0. The van der Waals surface area contributed by atoms with E-state index in [4.69, 9.17) is 107 Å². The standard InChI is InChI=1S/C14H15ClN2O5.C14H17ClN2O3.C10H10BrClO2.C10H13BrN2O.C10H11ClO2.C9H7ClN2O3.C9H8ClNO.C9H9ClO2.C9H10O2/c1-7-5-9(17(20)21)10-8(11(7)15)6-16(12(10)18)13(19)22-14(2,3)4;1-7-5-9(16)10-8(11(7)15)6-17(12(10)18)13(19)20-14(2,3)4;1-6-3-4-7(10(13)14-2)8(5-11)9(6)12;11-10-2-1-8(7-12-10)13-5-3-9(14)4-6-13;1-6-4-5-8(10(12)13-3)7(2)9(6)11;1-4-2-6(12(14)15)7-5(8(4)10)3-11-9(7)13;1-5-2-3-6-7(8(5)10)4-11-9(6)12;1-5-3-4-7(9(11)12)6(2)8(5)10;1-6-3-4-8(9(10)11)7(2)5-6/h5H,6H2,1-4H3;5H,6,16H2,1-4H3;3-4H,5H2,1-2H3;1-2,7,9,14H,3-6H2;4-5H,1-3H3;2H,3H2,1H3,(H,11,13);2-3H,4H2,1H3,(H,11,12);3-4H,1-2H3,(H,11,12);3-5H,1-2H3,(H,10,11). The van der Waals surface area contributed by atoms with E-state index in [9.17, 15) is 73.3 Å². The number of ether oxygens (including phenoxy) is 4. The summed E-state index contributed by atoms with van der Waals surface area (Å²) in [7, 11) is 2.71. The molecule has 0 bridgehead atoms. The van der Waals surface area contributed by atoms with Gasteiger partial charge in [-0.25, -0.2) is 43.6 Å². The van der Waals surface area contributed by atoms with Gasteiger partial charge in [0.25, 0.3) is 35.0 Å². The van der Waals surface area contributed by atoms with Crippen LogP contribution in [0.25, 0.3) is 0 Å². The van der Waals surface area contributed by atoms with Gasteiger partial charge in [-0.3, -0.25) is 39.4 Å². The molecule has 133 heavy (non-hydrogen) atoms. The van der Waals surface area contributed by atoms with Gasteiger partial charge < -0.3 is 55.5 Å². The molecule has 1 fully saturated rings. The Morgan fingerprint density at radius 1 is 0.504 bits per heavy atom. The minimum atomic E-state index is -0.936. The second-order valence-corrected chi connectivity index (χ2v) is 36.6. The molecule has 5 aliphatic heterocycles. The zero-order valence-corrected chi connectivity index (χ0v) is 84.6. The van der Waals surface area contributed by atoms with Gasteiger partial charge >= 0.3 is 36.1 Å². The maximum absolute atomic E-state index is 12.4. The van der Waals surface area contributed by atoms with Gasteiger partial charge in [0.05, 0.1) is 83.0 Å². The molecule has 9 aromatic rings. The van der Waals surface area contributed by atoms with E-state index in [1.54, 1.807) is 125 Å². The molecule has 0 unspecified atom stereocenters. The molecule has 710 valence electrons. The van der Waals surface area contributed by atoms with Crippen LogP contribution in [0, 0.1) is 96.4 Å². The summed E-state index contributed by atoms with van der Waals surface area (Å²) in [6.45, 7) is 32.8. The Kier molecular flexibility index (Phi) is 40.2. The van der Waals surface area contributed by atoms with E-state index in [0.29, 0.717) is 103 Å². The number of nitrogens with zero attached hydrogens (tertiary/aromatic N) is 6. The third-order valence-corrected chi connectivity index (χ3v) is 25.3. The predicted molar refractivity (Wildman–Crippen MR) is 520 cm³/mol. The number of hydrogen-bond acceptors (Lipinski definition) is 22. The average Bonchev–Trinajstić information content (AvgIpc) is 1.61. The summed E-state index contributed by atoms with van der Waals surface area (Å²) in [5.41, 5.74) is 20.1. The van der Waals surface area contributed by atoms with Crippen LogP contribution in [0.5, 0.6) is 0 Å². The number of esters is 2. The smallest absolute Gasteiger partial charge is 0.417 e. The summed E-state index contributed by atoms with van der Waals surface area (Å²) in [5.74, 6) is -4.19. The Labute approximate surface area is 820 Å². The summed E-state index contributed by atoms with van der Waals surface area (Å²) in [6, 6.07) is 27.5. The van der Waals surface area contributed by atoms with Gasteiger partial charge in [0.15, 0.2) is 0 Å². The molecule has 5 aliphatic rings. The van der Waals surface area contributed by atoms with Crippen molar-refractivity contribution in [3.8, 4) is 0 Å². The van der Waals surface area contributed by atoms with Crippen LogP contribution in [0.4, 0.5) is 32.3 Å². The van der Waals surface area contributed by atoms with Gasteiger partial charge in [-0.1, -0.05) is 139 Å². The number of aliphatic hydroxyl groups excluding tert-OH is 1. The Morgan fingerprint density at radius 2 is 0.910 bits per heavy atom.